The number of fused-ring (bicyclic) bond motifs is 1. The lowest BCUT2D eigenvalue weighted by Gasteiger charge is -2.35. The second-order valence-corrected chi connectivity index (χ2v) is 8.69. The molecule has 2 aromatic carbocycles. The number of carbonyl (C=O) groups is 2. The van der Waals surface area contributed by atoms with Crippen molar-refractivity contribution in [3.05, 3.63) is 59.9 Å². The van der Waals surface area contributed by atoms with Crippen molar-refractivity contribution in [3.8, 4) is 5.75 Å². The number of nitrogens with zero attached hydrogens (tertiary/aromatic N) is 2. The Morgan fingerprint density at radius 1 is 1.16 bits per heavy atom. The van der Waals surface area contributed by atoms with Crippen molar-refractivity contribution in [2.24, 2.45) is 5.92 Å². The normalized spacial score (nSPS) is 17.4. The molecule has 2 amide bonds. The molecule has 0 aliphatic carbocycles. The molecule has 1 fully saturated rings. The minimum Gasteiger partial charge on any atom is -0.497 e. The summed E-state index contributed by atoms with van der Waals surface area (Å²) in [6.07, 6.45) is 1.89. The number of aromatic nitrogens is 2. The van der Waals surface area contributed by atoms with Crippen LogP contribution in [0, 0.1) is 5.92 Å². The highest BCUT2D eigenvalue weighted by atomic mass is 16.5. The topological polar surface area (TPSA) is 87.3 Å². The van der Waals surface area contributed by atoms with Gasteiger partial charge in [0.05, 0.1) is 18.1 Å². The molecular formula is C25H30N4O3. The van der Waals surface area contributed by atoms with E-state index in [0.717, 1.165) is 29.7 Å². The summed E-state index contributed by atoms with van der Waals surface area (Å²) in [4.78, 5) is 36.2. The maximum Gasteiger partial charge on any atom is 0.251 e. The molecular weight excluding hydrogens is 404 g/mol. The first-order valence-corrected chi connectivity index (χ1v) is 11.1. The number of rotatable bonds is 6. The number of para-hydroxylation sites is 2. The van der Waals surface area contributed by atoms with Crippen LogP contribution in [-0.2, 0) is 4.79 Å². The van der Waals surface area contributed by atoms with E-state index in [1.54, 1.807) is 31.4 Å². The molecule has 1 saturated heterocycles. The molecule has 2 atom stereocenters. The van der Waals surface area contributed by atoms with E-state index in [9.17, 15) is 9.59 Å². The van der Waals surface area contributed by atoms with Crippen LogP contribution in [-0.4, -0.2) is 52.9 Å². The fourth-order valence-electron chi connectivity index (χ4n) is 4.24. The van der Waals surface area contributed by atoms with Crippen LogP contribution in [0.2, 0.25) is 0 Å². The lowest BCUT2D eigenvalue weighted by Crippen LogP contribution is -2.53. The number of methoxy groups -OCH3 is 1. The van der Waals surface area contributed by atoms with Gasteiger partial charge in [-0.25, -0.2) is 4.98 Å². The first-order valence-electron chi connectivity index (χ1n) is 11.1. The van der Waals surface area contributed by atoms with Crippen molar-refractivity contribution in [1.82, 2.24) is 20.2 Å². The molecule has 0 unspecified atom stereocenters. The van der Waals surface area contributed by atoms with Crippen LogP contribution in [0.1, 0.15) is 48.8 Å². The smallest absolute Gasteiger partial charge is 0.251 e. The number of hydrogen-bond donors (Lipinski definition) is 2. The summed E-state index contributed by atoms with van der Waals surface area (Å²) in [5.41, 5.74) is 2.46. The average molecular weight is 435 g/mol. The molecule has 1 aromatic heterocycles. The third kappa shape index (κ3) is 4.61. The van der Waals surface area contributed by atoms with Gasteiger partial charge in [0.25, 0.3) is 5.91 Å². The lowest BCUT2D eigenvalue weighted by molar-refractivity contribution is -0.135. The van der Waals surface area contributed by atoms with Gasteiger partial charge in [-0.15, -0.1) is 0 Å². The maximum absolute atomic E-state index is 13.4. The van der Waals surface area contributed by atoms with Gasteiger partial charge >= 0.3 is 0 Å². The average Bonchev–Trinajstić information content (AvgIpc) is 3.26. The molecule has 7 heteroatoms. The zero-order valence-electron chi connectivity index (χ0n) is 18.8. The number of amides is 2. The lowest BCUT2D eigenvalue weighted by atomic mass is 9.95. The van der Waals surface area contributed by atoms with E-state index in [4.69, 9.17) is 9.72 Å². The molecule has 4 rings (SSSR count). The highest BCUT2D eigenvalue weighted by molar-refractivity contribution is 5.97. The van der Waals surface area contributed by atoms with E-state index >= 15 is 0 Å². The van der Waals surface area contributed by atoms with Crippen LogP contribution in [0.3, 0.4) is 0 Å². The molecule has 32 heavy (non-hydrogen) atoms. The second-order valence-electron chi connectivity index (χ2n) is 8.69. The Morgan fingerprint density at radius 2 is 1.91 bits per heavy atom. The largest absolute Gasteiger partial charge is 0.497 e. The summed E-state index contributed by atoms with van der Waals surface area (Å²) in [6, 6.07) is 14.3. The van der Waals surface area contributed by atoms with Gasteiger partial charge in [-0.2, -0.15) is 0 Å². The van der Waals surface area contributed by atoms with E-state index in [1.165, 1.54) is 0 Å². The van der Waals surface area contributed by atoms with Crippen LogP contribution in [0.15, 0.2) is 48.5 Å². The van der Waals surface area contributed by atoms with Crippen molar-refractivity contribution >= 4 is 22.8 Å². The summed E-state index contributed by atoms with van der Waals surface area (Å²) in [6.45, 7) is 5.20. The van der Waals surface area contributed by atoms with Gasteiger partial charge in [0.15, 0.2) is 0 Å². The van der Waals surface area contributed by atoms with E-state index < -0.39 is 6.04 Å². The monoisotopic (exact) mass is 434 g/mol. The van der Waals surface area contributed by atoms with E-state index in [2.05, 4.69) is 10.3 Å². The number of likely N-dealkylation sites (tertiary alicyclic amines) is 1. The SMILES string of the molecule is COc1ccc(C(=O)N[C@@H](C(=O)N2CCC[C@H](c3nc4ccccc4[nH]3)C2)C(C)C)cc1. The standard InChI is InChI=1S/C25H30N4O3/c1-16(2)22(28-24(30)17-10-12-19(32-3)13-11-17)25(31)29-14-6-7-18(15-29)23-26-20-8-4-5-9-21(20)27-23/h4-5,8-13,16,18,22H,6-7,14-15H2,1-3H3,(H,26,27)(H,28,30)/t18-,22+/m0/s1. The summed E-state index contributed by atoms with van der Waals surface area (Å²) >= 11 is 0. The second kappa shape index (κ2) is 9.42. The first-order chi connectivity index (χ1) is 15.5. The fraction of sp³-hybridized carbons (Fsp3) is 0.400. The Hall–Kier alpha value is -3.35. The summed E-state index contributed by atoms with van der Waals surface area (Å²) < 4.78 is 5.15. The Bertz CT molecular complexity index is 1060. The van der Waals surface area contributed by atoms with Crippen LogP contribution in [0.5, 0.6) is 5.75 Å². The third-order valence-electron chi connectivity index (χ3n) is 6.10. The fourth-order valence-corrected chi connectivity index (χ4v) is 4.24. The predicted molar refractivity (Wildman–Crippen MR) is 124 cm³/mol. The number of ether oxygens (including phenoxy) is 1. The first kappa shape index (κ1) is 21.9. The minimum absolute atomic E-state index is 0.0312. The third-order valence-corrected chi connectivity index (χ3v) is 6.10. The number of aromatic amines is 1. The van der Waals surface area contributed by atoms with Crippen LogP contribution >= 0.6 is 0 Å². The summed E-state index contributed by atoms with van der Waals surface area (Å²) in [5, 5.41) is 2.95. The minimum atomic E-state index is -0.584. The van der Waals surface area contributed by atoms with Gasteiger partial charge in [0.1, 0.15) is 17.6 Å². The molecule has 1 aliphatic rings. The Morgan fingerprint density at radius 3 is 2.59 bits per heavy atom. The van der Waals surface area contributed by atoms with Crippen molar-refractivity contribution in [2.75, 3.05) is 20.2 Å². The van der Waals surface area contributed by atoms with Crippen LogP contribution in [0.25, 0.3) is 11.0 Å². The predicted octanol–water partition coefficient (Wildman–Crippen LogP) is 3.73. The number of piperidine rings is 1. The van der Waals surface area contributed by atoms with Crippen molar-refractivity contribution in [3.63, 3.8) is 0 Å². The number of nitrogens with one attached hydrogen (secondary N) is 2. The van der Waals surface area contributed by atoms with Gasteiger partial charge in [0, 0.05) is 24.6 Å². The molecule has 0 saturated carbocycles. The molecule has 3 aromatic rings. The van der Waals surface area contributed by atoms with Crippen molar-refractivity contribution < 1.29 is 14.3 Å². The Kier molecular flexibility index (Phi) is 6.44. The number of H-pyrrole nitrogens is 1. The van der Waals surface area contributed by atoms with Gasteiger partial charge in [-0.1, -0.05) is 26.0 Å². The van der Waals surface area contributed by atoms with E-state index in [1.807, 2.05) is 43.0 Å². The quantitative estimate of drug-likeness (QED) is 0.619. The molecule has 7 nitrogen and oxygen atoms in total. The molecule has 168 valence electrons. The van der Waals surface area contributed by atoms with Gasteiger partial charge in [0.2, 0.25) is 5.91 Å². The number of imidazole rings is 1. The van der Waals surface area contributed by atoms with Crippen LogP contribution < -0.4 is 10.1 Å². The Labute approximate surface area is 188 Å². The van der Waals surface area contributed by atoms with Crippen molar-refractivity contribution in [1.29, 1.82) is 0 Å². The van der Waals surface area contributed by atoms with Gasteiger partial charge in [-0.3, -0.25) is 9.59 Å². The highest BCUT2D eigenvalue weighted by Gasteiger charge is 2.33. The van der Waals surface area contributed by atoms with Gasteiger partial charge in [-0.05, 0) is 55.2 Å². The molecule has 0 bridgehead atoms. The maximum atomic E-state index is 13.4. The van der Waals surface area contributed by atoms with E-state index in [-0.39, 0.29) is 23.7 Å². The number of benzene rings is 2. The van der Waals surface area contributed by atoms with Crippen molar-refractivity contribution in [2.45, 2.75) is 38.6 Å². The Balaban J connectivity index is 1.46. The molecule has 1 aliphatic heterocycles. The molecule has 2 N–H and O–H groups in total. The van der Waals surface area contributed by atoms with Gasteiger partial charge < -0.3 is 19.9 Å². The highest BCUT2D eigenvalue weighted by Crippen LogP contribution is 2.27. The zero-order chi connectivity index (χ0) is 22.7. The molecule has 0 radical (unpaired) electrons. The summed E-state index contributed by atoms with van der Waals surface area (Å²) in [5.74, 6) is 1.43. The zero-order valence-corrected chi connectivity index (χ0v) is 18.8. The number of carbonyl (C=O) groups excluding carboxylic acids is 2. The van der Waals surface area contributed by atoms with E-state index in [0.29, 0.717) is 24.4 Å². The molecule has 2 heterocycles. The summed E-state index contributed by atoms with van der Waals surface area (Å²) in [7, 11) is 1.58. The number of hydrogen-bond acceptors (Lipinski definition) is 4. The van der Waals surface area contributed by atoms with Crippen LogP contribution in [0.4, 0.5) is 0 Å². The molecule has 0 spiro atoms.